The van der Waals surface area contributed by atoms with Crippen molar-refractivity contribution in [2.24, 2.45) is 0 Å². The summed E-state index contributed by atoms with van der Waals surface area (Å²) in [7, 11) is 0. The molecule has 0 rings (SSSR count). The lowest BCUT2D eigenvalue weighted by molar-refractivity contribution is -0.167. The largest absolute Gasteiger partial charge is 0.462 e. The van der Waals surface area contributed by atoms with Crippen molar-refractivity contribution in [2.75, 3.05) is 13.2 Å². The number of carbonyl (C=O) groups excluding carboxylic acids is 3. The van der Waals surface area contributed by atoms with E-state index in [1.54, 1.807) is 0 Å². The lowest BCUT2D eigenvalue weighted by atomic mass is 10.1. The highest BCUT2D eigenvalue weighted by molar-refractivity contribution is 5.71. The van der Waals surface area contributed by atoms with Gasteiger partial charge < -0.3 is 14.2 Å². The molecular formula is C54H88O6. The molecule has 0 aromatic rings. The van der Waals surface area contributed by atoms with Crippen molar-refractivity contribution in [1.82, 2.24) is 0 Å². The Morgan fingerprint density at radius 2 is 0.683 bits per heavy atom. The molecule has 0 spiro atoms. The third-order valence-corrected chi connectivity index (χ3v) is 9.80. The van der Waals surface area contributed by atoms with Gasteiger partial charge in [0.2, 0.25) is 0 Å². The molecule has 1 atom stereocenters. The highest BCUT2D eigenvalue weighted by Crippen LogP contribution is 2.12. The standard InChI is InChI=1S/C54H88O6/c1-4-7-10-13-16-18-20-21-22-23-24-25-26-27-28-29-30-31-32-33-34-36-38-41-44-47-53(56)59-50-51(49-58-52(55)46-43-40-37-15-12-9-6-3)60-54(57)48-45-42-39-35-19-17-14-11-8-5-2/h7,10-11,14,16,18,21-22,24-25,27-28,30-31,33-34,51H,4-6,8-9,12-13,15,17,19-20,23,26,29,32,35-50H2,1-3H3/b10-7-,14-11-,18-16-,22-21-,25-24-,28-27-,31-30-,34-33-. The van der Waals surface area contributed by atoms with Gasteiger partial charge in [-0.1, -0.05) is 189 Å². The van der Waals surface area contributed by atoms with Crippen molar-refractivity contribution >= 4 is 17.9 Å². The number of carbonyl (C=O) groups is 3. The maximum atomic E-state index is 12.7. The van der Waals surface area contributed by atoms with E-state index in [4.69, 9.17) is 14.2 Å². The number of unbranched alkanes of at least 4 members (excludes halogenated alkanes) is 15. The molecule has 0 bridgehead atoms. The van der Waals surface area contributed by atoms with Crippen molar-refractivity contribution in [3.8, 4) is 0 Å². The van der Waals surface area contributed by atoms with Gasteiger partial charge in [-0.2, -0.15) is 0 Å². The monoisotopic (exact) mass is 833 g/mol. The number of esters is 3. The number of rotatable bonds is 42. The fraction of sp³-hybridized carbons (Fsp3) is 0.648. The Bertz CT molecular complexity index is 1230. The van der Waals surface area contributed by atoms with E-state index in [0.717, 1.165) is 128 Å². The first-order valence-electron chi connectivity index (χ1n) is 24.2. The predicted octanol–water partition coefficient (Wildman–Crippen LogP) is 15.8. The molecule has 0 N–H and O–H groups in total. The molecule has 0 aliphatic heterocycles. The van der Waals surface area contributed by atoms with Crippen LogP contribution in [-0.4, -0.2) is 37.2 Å². The fourth-order valence-corrected chi connectivity index (χ4v) is 6.19. The van der Waals surface area contributed by atoms with Crippen LogP contribution in [0.5, 0.6) is 0 Å². The third-order valence-electron chi connectivity index (χ3n) is 9.80. The zero-order valence-electron chi connectivity index (χ0n) is 38.7. The van der Waals surface area contributed by atoms with Gasteiger partial charge in [0.15, 0.2) is 6.10 Å². The summed E-state index contributed by atoms with van der Waals surface area (Å²) in [6, 6.07) is 0. The van der Waals surface area contributed by atoms with E-state index in [1.165, 1.54) is 38.5 Å². The van der Waals surface area contributed by atoms with Crippen molar-refractivity contribution in [3.05, 3.63) is 97.2 Å². The van der Waals surface area contributed by atoms with Crippen molar-refractivity contribution in [1.29, 1.82) is 0 Å². The Hall–Kier alpha value is -3.67. The van der Waals surface area contributed by atoms with Crippen molar-refractivity contribution in [3.63, 3.8) is 0 Å². The van der Waals surface area contributed by atoms with Gasteiger partial charge >= 0.3 is 17.9 Å². The molecule has 60 heavy (non-hydrogen) atoms. The Labute approximate surface area is 368 Å². The average Bonchev–Trinajstić information content (AvgIpc) is 3.24. The van der Waals surface area contributed by atoms with Crippen LogP contribution in [0.4, 0.5) is 0 Å². The second-order valence-corrected chi connectivity index (χ2v) is 15.6. The number of hydrogen-bond donors (Lipinski definition) is 0. The summed E-state index contributed by atoms with van der Waals surface area (Å²) in [4.78, 5) is 37.6. The Balaban J connectivity index is 4.28. The van der Waals surface area contributed by atoms with Crippen LogP contribution in [0.25, 0.3) is 0 Å². The van der Waals surface area contributed by atoms with Gasteiger partial charge in [-0.15, -0.1) is 0 Å². The SMILES string of the molecule is CC/C=C\C/C=C\C/C=C\C/C=C\C/C=C\C/C=C\C/C=C\CCCCCC(=O)OCC(COC(=O)CCCCCCCCC)OC(=O)CCCCCCC/C=C\CCC. The lowest BCUT2D eigenvalue weighted by Crippen LogP contribution is -2.30. The minimum Gasteiger partial charge on any atom is -0.462 e. The first kappa shape index (κ1) is 56.3. The van der Waals surface area contributed by atoms with Gasteiger partial charge in [-0.3, -0.25) is 14.4 Å². The summed E-state index contributed by atoms with van der Waals surface area (Å²) >= 11 is 0. The van der Waals surface area contributed by atoms with Crippen LogP contribution in [-0.2, 0) is 28.6 Å². The van der Waals surface area contributed by atoms with Crippen LogP contribution in [0.15, 0.2) is 97.2 Å². The summed E-state index contributed by atoms with van der Waals surface area (Å²) in [5.41, 5.74) is 0. The van der Waals surface area contributed by atoms with Crippen LogP contribution in [0, 0.1) is 0 Å². The highest BCUT2D eigenvalue weighted by Gasteiger charge is 2.19. The Morgan fingerprint density at radius 3 is 1.12 bits per heavy atom. The summed E-state index contributed by atoms with van der Waals surface area (Å²) in [5, 5.41) is 0. The summed E-state index contributed by atoms with van der Waals surface area (Å²) in [5.74, 6) is -0.953. The predicted molar refractivity (Wildman–Crippen MR) is 256 cm³/mol. The first-order valence-corrected chi connectivity index (χ1v) is 24.2. The topological polar surface area (TPSA) is 78.9 Å². The molecule has 0 aromatic heterocycles. The molecule has 0 heterocycles. The molecule has 340 valence electrons. The molecule has 0 aromatic carbocycles. The Morgan fingerprint density at radius 1 is 0.350 bits per heavy atom. The minimum atomic E-state index is -0.791. The maximum absolute atomic E-state index is 12.7. The van der Waals surface area contributed by atoms with Gasteiger partial charge in [0.1, 0.15) is 13.2 Å². The van der Waals surface area contributed by atoms with Crippen LogP contribution in [0.2, 0.25) is 0 Å². The number of allylic oxidation sites excluding steroid dienone is 16. The van der Waals surface area contributed by atoms with E-state index in [1.807, 2.05) is 0 Å². The first-order chi connectivity index (χ1) is 29.5. The second kappa shape index (κ2) is 48.0. The molecular weight excluding hydrogens is 745 g/mol. The van der Waals surface area contributed by atoms with E-state index in [9.17, 15) is 14.4 Å². The second-order valence-electron chi connectivity index (χ2n) is 15.6. The minimum absolute atomic E-state index is 0.0925. The van der Waals surface area contributed by atoms with E-state index >= 15 is 0 Å². The maximum Gasteiger partial charge on any atom is 0.306 e. The number of hydrogen-bond acceptors (Lipinski definition) is 6. The normalized spacial score (nSPS) is 12.9. The molecule has 0 radical (unpaired) electrons. The molecule has 6 nitrogen and oxygen atoms in total. The third kappa shape index (κ3) is 45.4. The smallest absolute Gasteiger partial charge is 0.306 e. The molecule has 0 saturated heterocycles. The van der Waals surface area contributed by atoms with Gasteiger partial charge in [-0.25, -0.2) is 0 Å². The molecule has 0 aliphatic carbocycles. The molecule has 0 fully saturated rings. The Kier molecular flexibility index (Phi) is 45.1. The van der Waals surface area contributed by atoms with Crippen LogP contribution in [0.3, 0.4) is 0 Å². The summed E-state index contributed by atoms with van der Waals surface area (Å²) < 4.78 is 16.6. The molecule has 0 aliphatic rings. The van der Waals surface area contributed by atoms with E-state index < -0.39 is 6.10 Å². The van der Waals surface area contributed by atoms with E-state index in [0.29, 0.717) is 19.3 Å². The quantitative estimate of drug-likeness (QED) is 0.0264. The van der Waals surface area contributed by atoms with Crippen LogP contribution < -0.4 is 0 Å². The van der Waals surface area contributed by atoms with E-state index in [-0.39, 0.29) is 31.1 Å². The summed E-state index contributed by atoms with van der Waals surface area (Å²) in [6.45, 7) is 6.36. The molecule has 1 unspecified atom stereocenters. The van der Waals surface area contributed by atoms with Crippen LogP contribution in [0.1, 0.15) is 207 Å². The van der Waals surface area contributed by atoms with Gasteiger partial charge in [0, 0.05) is 19.3 Å². The van der Waals surface area contributed by atoms with Gasteiger partial charge in [-0.05, 0) is 96.3 Å². The van der Waals surface area contributed by atoms with Crippen LogP contribution >= 0.6 is 0 Å². The molecule has 6 heteroatoms. The number of ether oxygens (including phenoxy) is 3. The fourth-order valence-electron chi connectivity index (χ4n) is 6.19. The summed E-state index contributed by atoms with van der Waals surface area (Å²) in [6.07, 6.45) is 62.7. The van der Waals surface area contributed by atoms with Gasteiger partial charge in [0.25, 0.3) is 0 Å². The van der Waals surface area contributed by atoms with Crippen molar-refractivity contribution < 1.29 is 28.6 Å². The highest BCUT2D eigenvalue weighted by atomic mass is 16.6. The zero-order valence-corrected chi connectivity index (χ0v) is 38.7. The zero-order chi connectivity index (χ0) is 43.7. The molecule has 0 amide bonds. The van der Waals surface area contributed by atoms with Gasteiger partial charge in [0.05, 0.1) is 0 Å². The average molecular weight is 833 g/mol. The van der Waals surface area contributed by atoms with E-state index in [2.05, 4.69) is 118 Å². The van der Waals surface area contributed by atoms with Crippen molar-refractivity contribution in [2.45, 2.75) is 213 Å². The molecule has 0 saturated carbocycles. The lowest BCUT2D eigenvalue weighted by Gasteiger charge is -2.18.